The maximum atomic E-state index is 12.4. The lowest BCUT2D eigenvalue weighted by Crippen LogP contribution is -2.30. The Kier molecular flexibility index (Phi) is 8.10. The molecule has 0 aliphatic carbocycles. The molecule has 9 heteroatoms. The van der Waals surface area contributed by atoms with Gasteiger partial charge in [-0.05, 0) is 72.3 Å². The second kappa shape index (κ2) is 11.0. The van der Waals surface area contributed by atoms with Crippen molar-refractivity contribution in [1.29, 1.82) is 0 Å². The van der Waals surface area contributed by atoms with E-state index in [2.05, 4.69) is 39.8 Å². The van der Waals surface area contributed by atoms with Crippen LogP contribution in [0.5, 0.6) is 11.5 Å². The summed E-state index contributed by atoms with van der Waals surface area (Å²) in [6, 6.07) is 10.4. The highest BCUT2D eigenvalue weighted by Gasteiger charge is 2.32. The predicted octanol–water partition coefficient (Wildman–Crippen LogP) is 4.09. The van der Waals surface area contributed by atoms with Crippen molar-refractivity contribution in [2.45, 2.75) is 13.8 Å². The van der Waals surface area contributed by atoms with Gasteiger partial charge in [0.15, 0.2) is 18.1 Å². The van der Waals surface area contributed by atoms with E-state index in [1.807, 2.05) is 38.1 Å². The van der Waals surface area contributed by atoms with Gasteiger partial charge in [0.1, 0.15) is 5.70 Å². The third-order valence-electron chi connectivity index (χ3n) is 4.60. The van der Waals surface area contributed by atoms with E-state index in [1.54, 1.807) is 18.2 Å². The number of imide groups is 1. The number of carbonyl (C=O) groups excluding carboxylic acids is 3. The molecule has 3 rings (SSSR count). The zero-order valence-electron chi connectivity index (χ0n) is 18.3. The van der Waals surface area contributed by atoms with Crippen LogP contribution >= 0.6 is 22.6 Å². The van der Waals surface area contributed by atoms with Crippen LogP contribution in [0, 0.1) is 10.5 Å². The number of nitrogens with one attached hydrogen (secondary N) is 2. The van der Waals surface area contributed by atoms with Gasteiger partial charge in [-0.3, -0.25) is 14.5 Å². The number of urea groups is 1. The summed E-state index contributed by atoms with van der Waals surface area (Å²) in [5.74, 6) is 0.124. The molecular formula is C24H24IN3O5. The van der Waals surface area contributed by atoms with Crippen molar-refractivity contribution in [3.63, 3.8) is 0 Å². The summed E-state index contributed by atoms with van der Waals surface area (Å²) in [6.45, 7) is 7.67. The number of rotatable bonds is 9. The fourth-order valence-electron chi connectivity index (χ4n) is 3.08. The minimum Gasteiger partial charge on any atom is -0.490 e. The number of benzene rings is 2. The molecule has 2 aromatic carbocycles. The molecule has 0 atom stereocenters. The lowest BCUT2D eigenvalue weighted by molar-refractivity contribution is -0.122. The quantitative estimate of drug-likeness (QED) is 0.208. The first-order valence-corrected chi connectivity index (χ1v) is 11.3. The van der Waals surface area contributed by atoms with Crippen LogP contribution in [0.3, 0.4) is 0 Å². The maximum absolute atomic E-state index is 12.4. The van der Waals surface area contributed by atoms with Crippen LogP contribution in [-0.2, 0) is 9.59 Å². The van der Waals surface area contributed by atoms with Crippen molar-refractivity contribution >= 4 is 52.2 Å². The monoisotopic (exact) mass is 561 g/mol. The number of anilines is 1. The topological polar surface area (TPSA) is 97.0 Å². The van der Waals surface area contributed by atoms with Crippen LogP contribution in [0.1, 0.15) is 18.1 Å². The second-order valence-electron chi connectivity index (χ2n) is 7.16. The second-order valence-corrected chi connectivity index (χ2v) is 8.32. The fraction of sp³-hybridized carbons (Fsp3) is 0.208. The molecular weight excluding hydrogens is 537 g/mol. The lowest BCUT2D eigenvalue weighted by atomic mass is 10.1. The highest BCUT2D eigenvalue weighted by atomic mass is 127. The minimum atomic E-state index is -0.495. The van der Waals surface area contributed by atoms with Crippen LogP contribution < -0.4 is 20.1 Å². The van der Waals surface area contributed by atoms with E-state index < -0.39 is 11.9 Å². The van der Waals surface area contributed by atoms with Gasteiger partial charge < -0.3 is 20.1 Å². The lowest BCUT2D eigenvalue weighted by Gasteiger charge is -2.15. The van der Waals surface area contributed by atoms with Gasteiger partial charge in [0.25, 0.3) is 11.8 Å². The van der Waals surface area contributed by atoms with Gasteiger partial charge in [-0.25, -0.2) is 4.79 Å². The standard InChI is InChI=1S/C24H24IN3O5/c1-4-10-28-23(30)19(27-24(28)31)12-16-11-18(25)22(20(13-16)32-5-2)33-14-21(29)26-17-8-6-15(3)7-9-17/h4,6-9,11-13H,1,5,10,14H2,2-3H3,(H,26,29)(H,27,31)/b19-12+. The summed E-state index contributed by atoms with van der Waals surface area (Å²) < 4.78 is 12.2. The summed E-state index contributed by atoms with van der Waals surface area (Å²) in [5.41, 5.74) is 2.59. The molecule has 2 N–H and O–H groups in total. The average Bonchev–Trinajstić information content (AvgIpc) is 3.02. The number of hydrogen-bond donors (Lipinski definition) is 2. The van der Waals surface area contributed by atoms with Crippen molar-refractivity contribution in [1.82, 2.24) is 10.2 Å². The van der Waals surface area contributed by atoms with Gasteiger partial charge in [0.05, 0.1) is 10.2 Å². The number of hydrogen-bond acceptors (Lipinski definition) is 5. The Hall–Kier alpha value is -3.34. The van der Waals surface area contributed by atoms with E-state index in [0.29, 0.717) is 32.9 Å². The van der Waals surface area contributed by atoms with Crippen molar-refractivity contribution in [3.05, 3.63) is 69.4 Å². The third kappa shape index (κ3) is 6.13. The normalized spacial score (nSPS) is 14.3. The SMILES string of the molecule is C=CCN1C(=O)N/C(=C/c2cc(I)c(OCC(=O)Nc3ccc(C)cc3)c(OCC)c2)C1=O. The largest absolute Gasteiger partial charge is 0.490 e. The third-order valence-corrected chi connectivity index (χ3v) is 5.40. The molecule has 0 unspecified atom stereocenters. The molecule has 0 spiro atoms. The van der Waals surface area contributed by atoms with Gasteiger partial charge >= 0.3 is 6.03 Å². The molecule has 1 aliphatic rings. The number of nitrogens with zero attached hydrogens (tertiary/aromatic N) is 1. The van der Waals surface area contributed by atoms with E-state index in [9.17, 15) is 14.4 Å². The smallest absolute Gasteiger partial charge is 0.329 e. The van der Waals surface area contributed by atoms with Gasteiger partial charge in [-0.1, -0.05) is 23.8 Å². The molecule has 1 heterocycles. The first-order valence-electron chi connectivity index (χ1n) is 10.2. The Labute approximate surface area is 205 Å². The molecule has 0 radical (unpaired) electrons. The van der Waals surface area contributed by atoms with Crippen molar-refractivity contribution in [3.8, 4) is 11.5 Å². The molecule has 33 heavy (non-hydrogen) atoms. The van der Waals surface area contributed by atoms with Crippen molar-refractivity contribution < 1.29 is 23.9 Å². The molecule has 1 fully saturated rings. The molecule has 0 saturated carbocycles. The Morgan fingerprint density at radius 2 is 1.94 bits per heavy atom. The zero-order valence-corrected chi connectivity index (χ0v) is 20.5. The van der Waals surface area contributed by atoms with Gasteiger partial charge in [-0.15, -0.1) is 6.58 Å². The van der Waals surface area contributed by atoms with Crippen LogP contribution in [-0.4, -0.2) is 42.5 Å². The number of halogens is 1. The van der Waals surface area contributed by atoms with E-state index in [1.165, 1.54) is 6.08 Å². The molecule has 4 amide bonds. The maximum Gasteiger partial charge on any atom is 0.329 e. The van der Waals surface area contributed by atoms with Crippen LogP contribution in [0.25, 0.3) is 6.08 Å². The van der Waals surface area contributed by atoms with Gasteiger partial charge in [0, 0.05) is 12.2 Å². The first-order chi connectivity index (χ1) is 15.8. The van der Waals surface area contributed by atoms with Gasteiger partial charge in [0.2, 0.25) is 0 Å². The van der Waals surface area contributed by atoms with Crippen LogP contribution in [0.4, 0.5) is 10.5 Å². The Balaban J connectivity index is 1.76. The average molecular weight is 561 g/mol. The van der Waals surface area contributed by atoms with Crippen LogP contribution in [0.2, 0.25) is 0 Å². The minimum absolute atomic E-state index is 0.126. The fourth-order valence-corrected chi connectivity index (χ4v) is 3.86. The number of ether oxygens (including phenoxy) is 2. The van der Waals surface area contributed by atoms with E-state index in [4.69, 9.17) is 9.47 Å². The zero-order chi connectivity index (χ0) is 24.0. The molecule has 8 nitrogen and oxygen atoms in total. The van der Waals surface area contributed by atoms with Crippen molar-refractivity contribution in [2.24, 2.45) is 0 Å². The van der Waals surface area contributed by atoms with E-state index >= 15 is 0 Å². The summed E-state index contributed by atoms with van der Waals surface area (Å²) in [7, 11) is 0. The summed E-state index contributed by atoms with van der Waals surface area (Å²) in [6.07, 6.45) is 3.06. The molecule has 0 bridgehead atoms. The highest BCUT2D eigenvalue weighted by molar-refractivity contribution is 14.1. The predicted molar refractivity (Wildman–Crippen MR) is 134 cm³/mol. The number of amides is 4. The van der Waals surface area contributed by atoms with E-state index in [-0.39, 0.29) is 24.8 Å². The molecule has 2 aromatic rings. The Bertz CT molecular complexity index is 1110. The number of aryl methyl sites for hydroxylation is 1. The molecule has 1 saturated heterocycles. The molecule has 172 valence electrons. The van der Waals surface area contributed by atoms with Crippen LogP contribution in [0.15, 0.2) is 54.8 Å². The molecule has 0 aromatic heterocycles. The van der Waals surface area contributed by atoms with E-state index in [0.717, 1.165) is 10.5 Å². The summed E-state index contributed by atoms with van der Waals surface area (Å²) in [5, 5.41) is 5.35. The highest BCUT2D eigenvalue weighted by Crippen LogP contribution is 2.35. The Morgan fingerprint density at radius 1 is 1.21 bits per heavy atom. The molecule has 1 aliphatic heterocycles. The van der Waals surface area contributed by atoms with Crippen molar-refractivity contribution in [2.75, 3.05) is 25.1 Å². The summed E-state index contributed by atoms with van der Waals surface area (Å²) >= 11 is 2.08. The van der Waals surface area contributed by atoms with Gasteiger partial charge in [-0.2, -0.15) is 0 Å². The first kappa shape index (κ1) is 24.3. The number of carbonyl (C=O) groups is 3. The summed E-state index contributed by atoms with van der Waals surface area (Å²) in [4.78, 5) is 37.8. The Morgan fingerprint density at radius 3 is 2.61 bits per heavy atom.